The van der Waals surface area contributed by atoms with Crippen LogP contribution in [0.5, 0.6) is 0 Å². The minimum Gasteiger partial charge on any atom is -0.309 e. The lowest BCUT2D eigenvalue weighted by Crippen LogP contribution is -2.17. The number of rotatable bonds is 3. The van der Waals surface area contributed by atoms with Gasteiger partial charge in [-0.1, -0.05) is 18.2 Å². The van der Waals surface area contributed by atoms with Gasteiger partial charge in [-0.15, -0.1) is 11.3 Å². The fraction of sp³-hybridized carbons (Fsp3) is 0.125. The van der Waals surface area contributed by atoms with Gasteiger partial charge in [0.25, 0.3) is 0 Å². The van der Waals surface area contributed by atoms with Gasteiger partial charge in [-0.2, -0.15) is 0 Å². The molecule has 0 amide bonds. The lowest BCUT2D eigenvalue weighted by molar-refractivity contribution is 0.574. The van der Waals surface area contributed by atoms with Gasteiger partial charge in [-0.3, -0.25) is 0 Å². The minimum atomic E-state index is -0.277. The third kappa shape index (κ3) is 2.73. The van der Waals surface area contributed by atoms with Gasteiger partial charge in [-0.05, 0) is 52.6 Å². The average molecular weight is 368 g/mol. The second-order valence-electron chi connectivity index (χ2n) is 4.70. The predicted molar refractivity (Wildman–Crippen MR) is 86.8 cm³/mol. The number of benzene rings is 2. The van der Waals surface area contributed by atoms with E-state index in [1.54, 1.807) is 31.3 Å². The number of halogens is 3. The highest BCUT2D eigenvalue weighted by Gasteiger charge is 2.19. The van der Waals surface area contributed by atoms with E-state index in [4.69, 9.17) is 0 Å². The first-order chi connectivity index (χ1) is 10.1. The standard InChI is InChI=1S/C16H12BrF2NS/c1-20-16(11-3-2-4-12(17)15(11)19)14-7-9-5-6-10(18)8-13(9)21-14/h2-8,16,20H,1H3. The summed E-state index contributed by atoms with van der Waals surface area (Å²) in [5.74, 6) is -0.536. The zero-order valence-electron chi connectivity index (χ0n) is 11.2. The summed E-state index contributed by atoms with van der Waals surface area (Å²) in [5.41, 5.74) is 0.568. The normalized spacial score (nSPS) is 12.8. The molecule has 0 saturated carbocycles. The van der Waals surface area contributed by atoms with Crippen molar-refractivity contribution in [3.8, 4) is 0 Å². The van der Waals surface area contributed by atoms with Gasteiger partial charge in [0.05, 0.1) is 10.5 Å². The van der Waals surface area contributed by atoms with E-state index in [0.29, 0.717) is 10.0 Å². The molecule has 0 spiro atoms. The van der Waals surface area contributed by atoms with Crippen molar-refractivity contribution >= 4 is 37.4 Å². The molecule has 5 heteroatoms. The van der Waals surface area contributed by atoms with Crippen LogP contribution >= 0.6 is 27.3 Å². The van der Waals surface area contributed by atoms with Gasteiger partial charge in [0.1, 0.15) is 11.6 Å². The molecule has 3 rings (SSSR count). The van der Waals surface area contributed by atoms with Gasteiger partial charge >= 0.3 is 0 Å². The summed E-state index contributed by atoms with van der Waals surface area (Å²) in [6, 6.07) is 11.6. The first-order valence-electron chi connectivity index (χ1n) is 6.40. The number of fused-ring (bicyclic) bond motifs is 1. The third-order valence-electron chi connectivity index (χ3n) is 3.37. The third-order valence-corrected chi connectivity index (χ3v) is 5.14. The highest BCUT2D eigenvalue weighted by Crippen LogP contribution is 2.35. The van der Waals surface area contributed by atoms with Crippen LogP contribution in [0.25, 0.3) is 10.1 Å². The van der Waals surface area contributed by atoms with Crippen LogP contribution < -0.4 is 5.32 Å². The first-order valence-corrected chi connectivity index (χ1v) is 8.01. The Labute approximate surface area is 133 Å². The van der Waals surface area contributed by atoms with Crippen LogP contribution in [-0.4, -0.2) is 7.05 Å². The summed E-state index contributed by atoms with van der Waals surface area (Å²) in [7, 11) is 1.79. The Morgan fingerprint density at radius 1 is 1.14 bits per heavy atom. The van der Waals surface area contributed by atoms with E-state index in [1.165, 1.54) is 23.5 Å². The van der Waals surface area contributed by atoms with Crippen LogP contribution in [0.1, 0.15) is 16.5 Å². The van der Waals surface area contributed by atoms with Crippen LogP contribution in [-0.2, 0) is 0 Å². The maximum absolute atomic E-state index is 14.3. The van der Waals surface area contributed by atoms with Gasteiger partial charge in [0.2, 0.25) is 0 Å². The van der Waals surface area contributed by atoms with Crippen molar-refractivity contribution < 1.29 is 8.78 Å². The Kier molecular flexibility index (Phi) is 4.06. The monoisotopic (exact) mass is 367 g/mol. The van der Waals surface area contributed by atoms with Gasteiger partial charge in [0.15, 0.2) is 0 Å². The molecule has 108 valence electrons. The summed E-state index contributed by atoms with van der Waals surface area (Å²) < 4.78 is 28.9. The Hall–Kier alpha value is -1.30. The smallest absolute Gasteiger partial charge is 0.142 e. The van der Waals surface area contributed by atoms with E-state index in [1.807, 2.05) is 6.07 Å². The molecule has 1 heterocycles. The molecule has 1 unspecified atom stereocenters. The molecule has 0 saturated heterocycles. The fourth-order valence-corrected chi connectivity index (χ4v) is 3.96. The summed E-state index contributed by atoms with van der Waals surface area (Å²) in [6.45, 7) is 0. The molecule has 3 aromatic rings. The fourth-order valence-electron chi connectivity index (χ4n) is 2.36. The number of nitrogens with one attached hydrogen (secondary N) is 1. The van der Waals surface area contributed by atoms with Crippen LogP contribution in [0.4, 0.5) is 8.78 Å². The maximum atomic E-state index is 14.3. The highest BCUT2D eigenvalue weighted by molar-refractivity contribution is 9.10. The van der Waals surface area contributed by atoms with Gasteiger partial charge < -0.3 is 5.32 Å². The van der Waals surface area contributed by atoms with Crippen LogP contribution in [0.15, 0.2) is 46.9 Å². The molecule has 0 bridgehead atoms. The largest absolute Gasteiger partial charge is 0.309 e. The summed E-state index contributed by atoms with van der Waals surface area (Å²) in [5, 5.41) is 4.10. The SMILES string of the molecule is CNC(c1cc2ccc(F)cc2s1)c1cccc(Br)c1F. The average Bonchev–Trinajstić information content (AvgIpc) is 2.87. The Morgan fingerprint density at radius 2 is 1.95 bits per heavy atom. The number of thiophene rings is 1. The van der Waals surface area contributed by atoms with Crippen molar-refractivity contribution in [1.82, 2.24) is 5.32 Å². The number of hydrogen-bond acceptors (Lipinski definition) is 2. The first kappa shape index (κ1) is 14.6. The minimum absolute atomic E-state index is 0.259. The lowest BCUT2D eigenvalue weighted by atomic mass is 10.0. The molecule has 1 N–H and O–H groups in total. The highest BCUT2D eigenvalue weighted by atomic mass is 79.9. The van der Waals surface area contributed by atoms with E-state index < -0.39 is 0 Å². The molecule has 21 heavy (non-hydrogen) atoms. The van der Waals surface area contributed by atoms with Crippen LogP contribution in [0.2, 0.25) is 0 Å². The zero-order valence-corrected chi connectivity index (χ0v) is 13.6. The lowest BCUT2D eigenvalue weighted by Gasteiger charge is -2.16. The molecule has 0 fully saturated rings. The Balaban J connectivity index is 2.11. The van der Waals surface area contributed by atoms with E-state index in [0.717, 1.165) is 15.0 Å². The second-order valence-corrected chi connectivity index (χ2v) is 6.67. The van der Waals surface area contributed by atoms with Crippen molar-refractivity contribution in [1.29, 1.82) is 0 Å². The van der Waals surface area contributed by atoms with E-state index >= 15 is 0 Å². The molecule has 1 nitrogen and oxygen atoms in total. The van der Waals surface area contributed by atoms with Crippen molar-refractivity contribution in [2.24, 2.45) is 0 Å². The summed E-state index contributed by atoms with van der Waals surface area (Å²) in [6.07, 6.45) is 0. The van der Waals surface area contributed by atoms with Crippen molar-refractivity contribution in [3.63, 3.8) is 0 Å². The molecule has 2 aromatic carbocycles. The molecule has 0 aliphatic carbocycles. The molecule has 1 aromatic heterocycles. The molecular formula is C16H12BrF2NS. The summed E-state index contributed by atoms with van der Waals surface area (Å²) >= 11 is 4.68. The van der Waals surface area contributed by atoms with Crippen molar-refractivity contribution in [3.05, 3.63) is 69.0 Å². The van der Waals surface area contributed by atoms with E-state index in [-0.39, 0.29) is 17.7 Å². The molecule has 1 atom stereocenters. The van der Waals surface area contributed by atoms with E-state index in [9.17, 15) is 8.78 Å². The second kappa shape index (κ2) is 5.83. The van der Waals surface area contributed by atoms with Crippen molar-refractivity contribution in [2.45, 2.75) is 6.04 Å². The Bertz CT molecular complexity index is 800. The van der Waals surface area contributed by atoms with Crippen molar-refractivity contribution in [2.75, 3.05) is 7.05 Å². The quantitative estimate of drug-likeness (QED) is 0.666. The zero-order chi connectivity index (χ0) is 15.0. The molecule has 0 aliphatic heterocycles. The number of hydrogen-bond donors (Lipinski definition) is 1. The van der Waals surface area contributed by atoms with Gasteiger partial charge in [0, 0.05) is 15.1 Å². The molecule has 0 aliphatic rings. The topological polar surface area (TPSA) is 12.0 Å². The molecule has 0 radical (unpaired) electrons. The van der Waals surface area contributed by atoms with E-state index in [2.05, 4.69) is 21.2 Å². The van der Waals surface area contributed by atoms with Gasteiger partial charge in [-0.25, -0.2) is 8.78 Å². The van der Waals surface area contributed by atoms with Crippen LogP contribution in [0.3, 0.4) is 0 Å². The Morgan fingerprint density at radius 3 is 2.71 bits per heavy atom. The maximum Gasteiger partial charge on any atom is 0.142 e. The molecular weight excluding hydrogens is 356 g/mol. The predicted octanol–water partition coefficient (Wildman–Crippen LogP) is 5.25. The van der Waals surface area contributed by atoms with Crippen LogP contribution in [0, 0.1) is 11.6 Å². The summed E-state index contributed by atoms with van der Waals surface area (Å²) in [4.78, 5) is 0.954.